The van der Waals surface area contributed by atoms with Gasteiger partial charge in [-0.25, -0.2) is 13.2 Å². The molecule has 1 heterocycles. The highest BCUT2D eigenvalue weighted by Crippen LogP contribution is 2.30. The van der Waals surface area contributed by atoms with E-state index in [0.717, 1.165) is 37.1 Å². The summed E-state index contributed by atoms with van der Waals surface area (Å²) in [5, 5.41) is 5.16. The minimum Gasteiger partial charge on any atom is -0.332 e. The molecule has 1 aromatic carbocycles. The number of anilines is 1. The summed E-state index contributed by atoms with van der Waals surface area (Å²) in [7, 11) is -3.27. The van der Waals surface area contributed by atoms with E-state index in [1.54, 1.807) is 24.3 Å². The van der Waals surface area contributed by atoms with E-state index in [1.807, 2.05) is 25.1 Å². The molecular formula is C19H23N3O3S. The third-order valence-electron chi connectivity index (χ3n) is 4.56. The van der Waals surface area contributed by atoms with Gasteiger partial charge >= 0.3 is 6.03 Å². The van der Waals surface area contributed by atoms with E-state index in [0.29, 0.717) is 17.1 Å². The number of carbonyl (C=O) groups excluding carboxylic acids is 1. The summed E-state index contributed by atoms with van der Waals surface area (Å²) >= 11 is 0. The maximum atomic E-state index is 12.5. The highest BCUT2D eigenvalue weighted by atomic mass is 32.2. The summed E-state index contributed by atoms with van der Waals surface area (Å²) in [6.07, 6.45) is 3.41. The Hall–Kier alpha value is -2.41. The van der Waals surface area contributed by atoms with Crippen molar-refractivity contribution in [3.05, 3.63) is 53.9 Å². The average Bonchev–Trinajstić information content (AvgIpc) is 3.16. The van der Waals surface area contributed by atoms with Gasteiger partial charge in [0.25, 0.3) is 0 Å². The number of hydrogen-bond acceptors (Lipinski definition) is 4. The zero-order valence-electron chi connectivity index (χ0n) is 14.7. The van der Waals surface area contributed by atoms with Crippen LogP contribution in [0.1, 0.15) is 37.1 Å². The molecule has 2 aromatic rings. The third-order valence-corrected chi connectivity index (χ3v) is 6.84. The van der Waals surface area contributed by atoms with Crippen LogP contribution >= 0.6 is 0 Å². The third kappa shape index (κ3) is 4.40. The van der Waals surface area contributed by atoms with Gasteiger partial charge in [-0.3, -0.25) is 4.98 Å². The van der Waals surface area contributed by atoms with Gasteiger partial charge in [-0.1, -0.05) is 18.9 Å². The Balaban J connectivity index is 1.57. The van der Waals surface area contributed by atoms with E-state index in [-0.39, 0.29) is 11.3 Å². The first-order chi connectivity index (χ1) is 12.4. The lowest BCUT2D eigenvalue weighted by Gasteiger charge is -2.12. The van der Waals surface area contributed by atoms with Crippen LogP contribution in [0, 0.1) is 6.92 Å². The highest BCUT2D eigenvalue weighted by molar-refractivity contribution is 7.92. The maximum Gasteiger partial charge on any atom is 0.319 e. The van der Waals surface area contributed by atoms with Gasteiger partial charge in [-0.15, -0.1) is 0 Å². The maximum absolute atomic E-state index is 12.5. The van der Waals surface area contributed by atoms with Crippen molar-refractivity contribution in [1.29, 1.82) is 0 Å². The minimum atomic E-state index is -3.27. The molecule has 3 rings (SSSR count). The van der Waals surface area contributed by atoms with Gasteiger partial charge in [0.05, 0.1) is 22.4 Å². The van der Waals surface area contributed by atoms with Crippen molar-refractivity contribution in [3.63, 3.8) is 0 Å². The SMILES string of the molecule is Cc1cccc(CNC(=O)Nc2ccc(S(=O)(=O)C3CCCC3)cc2)n1. The van der Waals surface area contributed by atoms with Crippen LogP contribution in [0.5, 0.6) is 0 Å². The molecule has 0 unspecified atom stereocenters. The monoisotopic (exact) mass is 373 g/mol. The van der Waals surface area contributed by atoms with Crippen LogP contribution in [-0.2, 0) is 16.4 Å². The van der Waals surface area contributed by atoms with Crippen LogP contribution < -0.4 is 10.6 Å². The molecule has 138 valence electrons. The lowest BCUT2D eigenvalue weighted by molar-refractivity contribution is 0.251. The number of nitrogens with zero attached hydrogens (tertiary/aromatic N) is 1. The van der Waals surface area contributed by atoms with Gasteiger partial charge in [0.1, 0.15) is 0 Å². The molecule has 26 heavy (non-hydrogen) atoms. The Morgan fingerprint density at radius 3 is 2.46 bits per heavy atom. The Labute approximate surface area is 154 Å². The molecule has 1 fully saturated rings. The minimum absolute atomic E-state index is 0.272. The fraction of sp³-hybridized carbons (Fsp3) is 0.368. The molecule has 0 atom stereocenters. The van der Waals surface area contributed by atoms with Crippen LogP contribution in [-0.4, -0.2) is 24.7 Å². The number of pyridine rings is 1. The Morgan fingerprint density at radius 2 is 1.81 bits per heavy atom. The number of benzene rings is 1. The molecule has 1 aromatic heterocycles. The summed E-state index contributed by atoms with van der Waals surface area (Å²) in [5.41, 5.74) is 2.21. The molecule has 2 N–H and O–H groups in total. The Kier molecular flexibility index (Phi) is 5.56. The van der Waals surface area contributed by atoms with Crippen LogP contribution in [0.2, 0.25) is 0 Å². The molecule has 1 saturated carbocycles. The van der Waals surface area contributed by atoms with Crippen LogP contribution in [0.15, 0.2) is 47.4 Å². The second-order valence-electron chi connectivity index (χ2n) is 6.55. The van der Waals surface area contributed by atoms with E-state index in [1.165, 1.54) is 0 Å². The lowest BCUT2D eigenvalue weighted by atomic mass is 10.3. The molecular weight excluding hydrogens is 350 g/mol. The summed E-state index contributed by atoms with van der Waals surface area (Å²) in [4.78, 5) is 16.6. The van der Waals surface area contributed by atoms with E-state index in [4.69, 9.17) is 0 Å². The molecule has 0 radical (unpaired) electrons. The van der Waals surface area contributed by atoms with Crippen molar-refractivity contribution in [3.8, 4) is 0 Å². The Morgan fingerprint density at radius 1 is 1.12 bits per heavy atom. The van der Waals surface area contributed by atoms with E-state index < -0.39 is 9.84 Å². The first kappa shape index (κ1) is 18.4. The number of rotatable bonds is 5. The molecule has 0 saturated heterocycles. The predicted octanol–water partition coefficient (Wildman–Crippen LogP) is 3.43. The van der Waals surface area contributed by atoms with Gasteiger partial charge in [0.2, 0.25) is 0 Å². The number of aromatic nitrogens is 1. The summed E-state index contributed by atoms with van der Waals surface area (Å²) in [6.45, 7) is 2.21. The number of aryl methyl sites for hydroxylation is 1. The standard InChI is InChI=1S/C19H23N3O3S/c1-14-5-4-6-16(21-14)13-20-19(23)22-15-9-11-18(12-10-15)26(24,25)17-7-2-3-8-17/h4-6,9-12,17H,2-3,7-8,13H2,1H3,(H2,20,22,23). The van der Waals surface area contributed by atoms with Crippen molar-refractivity contribution < 1.29 is 13.2 Å². The summed E-state index contributed by atoms with van der Waals surface area (Å²) in [5.74, 6) is 0. The number of nitrogens with one attached hydrogen (secondary N) is 2. The van der Waals surface area contributed by atoms with Gasteiger partial charge in [0, 0.05) is 11.4 Å². The largest absolute Gasteiger partial charge is 0.332 e. The zero-order valence-corrected chi connectivity index (χ0v) is 15.6. The molecule has 0 spiro atoms. The van der Waals surface area contributed by atoms with Crippen molar-refractivity contribution in [2.24, 2.45) is 0 Å². The first-order valence-corrected chi connectivity index (χ1v) is 10.3. The molecule has 0 bridgehead atoms. The zero-order chi connectivity index (χ0) is 18.6. The fourth-order valence-electron chi connectivity index (χ4n) is 3.16. The van der Waals surface area contributed by atoms with Crippen molar-refractivity contribution >= 4 is 21.6 Å². The molecule has 1 aliphatic rings. The number of urea groups is 1. The van der Waals surface area contributed by atoms with Gasteiger partial charge < -0.3 is 10.6 Å². The van der Waals surface area contributed by atoms with E-state index in [2.05, 4.69) is 15.6 Å². The van der Waals surface area contributed by atoms with Crippen LogP contribution in [0.4, 0.5) is 10.5 Å². The highest BCUT2D eigenvalue weighted by Gasteiger charge is 2.30. The smallest absolute Gasteiger partial charge is 0.319 e. The molecule has 2 amide bonds. The second-order valence-corrected chi connectivity index (χ2v) is 8.78. The van der Waals surface area contributed by atoms with Gasteiger partial charge in [-0.05, 0) is 56.2 Å². The lowest BCUT2D eigenvalue weighted by Crippen LogP contribution is -2.28. The van der Waals surface area contributed by atoms with Crippen LogP contribution in [0.25, 0.3) is 0 Å². The van der Waals surface area contributed by atoms with Gasteiger partial charge in [0.15, 0.2) is 9.84 Å². The number of hydrogen-bond donors (Lipinski definition) is 2. The molecule has 7 heteroatoms. The van der Waals surface area contributed by atoms with Crippen molar-refractivity contribution in [2.45, 2.75) is 49.3 Å². The Bertz CT molecular complexity index is 873. The number of amides is 2. The van der Waals surface area contributed by atoms with E-state index in [9.17, 15) is 13.2 Å². The molecule has 1 aliphatic carbocycles. The topological polar surface area (TPSA) is 88.2 Å². The van der Waals surface area contributed by atoms with E-state index >= 15 is 0 Å². The molecule has 0 aliphatic heterocycles. The fourth-order valence-corrected chi connectivity index (χ4v) is 5.02. The van der Waals surface area contributed by atoms with Crippen LogP contribution in [0.3, 0.4) is 0 Å². The normalized spacial score (nSPS) is 15.0. The first-order valence-electron chi connectivity index (χ1n) is 8.76. The summed E-state index contributed by atoms with van der Waals surface area (Å²) in [6, 6.07) is 11.6. The average molecular weight is 373 g/mol. The second kappa shape index (κ2) is 7.86. The van der Waals surface area contributed by atoms with Gasteiger partial charge in [-0.2, -0.15) is 0 Å². The molecule has 6 nitrogen and oxygen atoms in total. The van der Waals surface area contributed by atoms with Crippen molar-refractivity contribution in [1.82, 2.24) is 10.3 Å². The number of sulfone groups is 1. The van der Waals surface area contributed by atoms with Crippen molar-refractivity contribution in [2.75, 3.05) is 5.32 Å². The number of carbonyl (C=O) groups is 1. The summed E-state index contributed by atoms with van der Waals surface area (Å²) < 4.78 is 25.1. The predicted molar refractivity (Wildman–Crippen MR) is 101 cm³/mol. The quantitative estimate of drug-likeness (QED) is 0.840.